The van der Waals surface area contributed by atoms with Crippen LogP contribution in [0.15, 0.2) is 10.6 Å². The maximum Gasteiger partial charge on any atom is 0.273 e. The van der Waals surface area contributed by atoms with Crippen molar-refractivity contribution in [2.24, 2.45) is 11.8 Å². The summed E-state index contributed by atoms with van der Waals surface area (Å²) in [6, 6.07) is 1.94. The Labute approximate surface area is 102 Å². The van der Waals surface area contributed by atoms with Gasteiger partial charge in [-0.3, -0.25) is 4.79 Å². The van der Waals surface area contributed by atoms with Crippen LogP contribution in [-0.4, -0.2) is 17.1 Å². The molecule has 3 unspecified atom stereocenters. The van der Waals surface area contributed by atoms with Crippen molar-refractivity contribution in [2.75, 3.05) is 0 Å². The summed E-state index contributed by atoms with van der Waals surface area (Å²) >= 11 is 0. The van der Waals surface area contributed by atoms with E-state index >= 15 is 0 Å². The number of hydrogen-bond donors (Lipinski definition) is 1. The third-order valence-corrected chi connectivity index (χ3v) is 3.88. The van der Waals surface area contributed by atoms with Gasteiger partial charge in [0.2, 0.25) is 0 Å². The molecule has 0 spiro atoms. The van der Waals surface area contributed by atoms with Crippen molar-refractivity contribution in [3.8, 4) is 0 Å². The molecule has 0 saturated heterocycles. The topological polar surface area (TPSA) is 55.1 Å². The Hall–Kier alpha value is -1.32. The van der Waals surface area contributed by atoms with E-state index in [1.54, 1.807) is 13.0 Å². The number of amides is 1. The molecule has 1 saturated carbocycles. The second-order valence-electron chi connectivity index (χ2n) is 5.17. The largest absolute Gasteiger partial charge is 0.361 e. The van der Waals surface area contributed by atoms with Crippen molar-refractivity contribution in [3.05, 3.63) is 17.5 Å². The summed E-state index contributed by atoms with van der Waals surface area (Å²) in [5, 5.41) is 6.81. The zero-order valence-corrected chi connectivity index (χ0v) is 10.7. The molecular formula is C13H20N2O2. The van der Waals surface area contributed by atoms with Gasteiger partial charge in [0, 0.05) is 12.1 Å². The predicted molar refractivity (Wildman–Crippen MR) is 64.7 cm³/mol. The molecule has 1 aromatic heterocycles. The highest BCUT2D eigenvalue weighted by Gasteiger charge is 2.28. The number of carbonyl (C=O) groups is 1. The molecule has 3 atom stereocenters. The summed E-state index contributed by atoms with van der Waals surface area (Å²) in [5.74, 6) is 1.75. The van der Waals surface area contributed by atoms with Crippen molar-refractivity contribution in [1.29, 1.82) is 0 Å². The van der Waals surface area contributed by atoms with E-state index in [1.165, 1.54) is 12.8 Å². The predicted octanol–water partition coefficient (Wildman–Crippen LogP) is 2.54. The lowest BCUT2D eigenvalue weighted by atomic mass is 9.78. The van der Waals surface area contributed by atoms with Crippen molar-refractivity contribution in [2.45, 2.75) is 46.1 Å². The number of rotatable bonds is 2. The summed E-state index contributed by atoms with van der Waals surface area (Å²) in [6.07, 6.45) is 3.51. The molecule has 4 nitrogen and oxygen atoms in total. The van der Waals surface area contributed by atoms with Crippen LogP contribution in [0.2, 0.25) is 0 Å². The molecule has 0 radical (unpaired) electrons. The van der Waals surface area contributed by atoms with Gasteiger partial charge >= 0.3 is 0 Å². The van der Waals surface area contributed by atoms with Crippen LogP contribution in [0.1, 0.15) is 49.4 Å². The highest BCUT2D eigenvalue weighted by molar-refractivity contribution is 5.92. The Bertz CT molecular complexity index is 400. The lowest BCUT2D eigenvalue weighted by Gasteiger charge is -2.34. The number of nitrogens with zero attached hydrogens (tertiary/aromatic N) is 1. The lowest BCUT2D eigenvalue weighted by Crippen LogP contribution is -2.43. The maximum absolute atomic E-state index is 11.9. The molecular weight excluding hydrogens is 216 g/mol. The van der Waals surface area contributed by atoms with Gasteiger partial charge in [0.25, 0.3) is 5.91 Å². The molecule has 1 aliphatic rings. The molecule has 1 aliphatic carbocycles. The molecule has 0 bridgehead atoms. The maximum atomic E-state index is 11.9. The number of aromatic nitrogens is 1. The van der Waals surface area contributed by atoms with E-state index in [0.29, 0.717) is 23.3 Å². The van der Waals surface area contributed by atoms with E-state index in [1.807, 2.05) is 0 Å². The quantitative estimate of drug-likeness (QED) is 0.858. The van der Waals surface area contributed by atoms with E-state index in [-0.39, 0.29) is 11.9 Å². The van der Waals surface area contributed by atoms with Gasteiger partial charge in [-0.05, 0) is 25.2 Å². The number of carbonyl (C=O) groups excluding carboxylic acids is 1. The Balaban J connectivity index is 1.98. The smallest absolute Gasteiger partial charge is 0.273 e. The summed E-state index contributed by atoms with van der Waals surface area (Å²) in [6.45, 7) is 6.25. The first kappa shape index (κ1) is 12.1. The van der Waals surface area contributed by atoms with Gasteiger partial charge in [0.15, 0.2) is 5.69 Å². The fraction of sp³-hybridized carbons (Fsp3) is 0.692. The number of hydrogen-bond acceptors (Lipinski definition) is 3. The van der Waals surface area contributed by atoms with Gasteiger partial charge in [-0.1, -0.05) is 31.8 Å². The fourth-order valence-corrected chi connectivity index (χ4v) is 2.50. The van der Waals surface area contributed by atoms with E-state index < -0.39 is 0 Å². The first-order valence-electron chi connectivity index (χ1n) is 6.32. The van der Waals surface area contributed by atoms with E-state index in [4.69, 9.17) is 4.52 Å². The monoisotopic (exact) mass is 236 g/mol. The molecule has 0 aromatic carbocycles. The highest BCUT2D eigenvalue weighted by Crippen LogP contribution is 2.29. The van der Waals surface area contributed by atoms with Crippen LogP contribution in [0, 0.1) is 18.8 Å². The van der Waals surface area contributed by atoms with Gasteiger partial charge in [-0.15, -0.1) is 0 Å². The minimum Gasteiger partial charge on any atom is -0.361 e. The average Bonchev–Trinajstić information content (AvgIpc) is 2.72. The van der Waals surface area contributed by atoms with Crippen LogP contribution in [0.25, 0.3) is 0 Å². The molecule has 17 heavy (non-hydrogen) atoms. The number of nitrogens with one attached hydrogen (secondary N) is 1. The van der Waals surface area contributed by atoms with Gasteiger partial charge in [-0.2, -0.15) is 0 Å². The van der Waals surface area contributed by atoms with Gasteiger partial charge in [0.1, 0.15) is 5.76 Å². The van der Waals surface area contributed by atoms with Crippen molar-refractivity contribution >= 4 is 5.91 Å². The van der Waals surface area contributed by atoms with Crippen LogP contribution in [0.5, 0.6) is 0 Å². The van der Waals surface area contributed by atoms with Gasteiger partial charge < -0.3 is 9.84 Å². The van der Waals surface area contributed by atoms with Crippen molar-refractivity contribution < 1.29 is 9.32 Å². The van der Waals surface area contributed by atoms with Crippen LogP contribution in [0.4, 0.5) is 0 Å². The first-order chi connectivity index (χ1) is 8.08. The Morgan fingerprint density at radius 1 is 1.47 bits per heavy atom. The van der Waals surface area contributed by atoms with E-state index in [9.17, 15) is 4.79 Å². The normalized spacial score (nSPS) is 29.0. The third kappa shape index (κ3) is 2.68. The first-order valence-corrected chi connectivity index (χ1v) is 6.32. The molecule has 1 N–H and O–H groups in total. The van der Waals surface area contributed by atoms with E-state index in [0.717, 1.165) is 6.42 Å². The molecule has 1 aromatic rings. The summed E-state index contributed by atoms with van der Waals surface area (Å²) in [5.41, 5.74) is 0.382. The van der Waals surface area contributed by atoms with Crippen LogP contribution >= 0.6 is 0 Å². The molecule has 1 fully saturated rings. The molecule has 4 heteroatoms. The van der Waals surface area contributed by atoms with Crippen LogP contribution in [-0.2, 0) is 0 Å². The Kier molecular flexibility index (Phi) is 3.50. The van der Waals surface area contributed by atoms with Crippen molar-refractivity contribution in [3.63, 3.8) is 0 Å². The molecule has 1 amide bonds. The number of aryl methyl sites for hydroxylation is 1. The average molecular weight is 236 g/mol. The third-order valence-electron chi connectivity index (χ3n) is 3.88. The SMILES string of the molecule is Cc1cc(C(=O)NC2CCCC(C)C2C)no1. The molecule has 94 valence electrons. The highest BCUT2D eigenvalue weighted by atomic mass is 16.5. The molecule has 1 heterocycles. The minimum absolute atomic E-state index is 0.118. The van der Waals surface area contributed by atoms with Crippen molar-refractivity contribution in [1.82, 2.24) is 10.5 Å². The van der Waals surface area contributed by atoms with Gasteiger partial charge in [-0.25, -0.2) is 0 Å². The summed E-state index contributed by atoms with van der Waals surface area (Å²) < 4.78 is 4.91. The zero-order valence-electron chi connectivity index (χ0n) is 10.7. The summed E-state index contributed by atoms with van der Waals surface area (Å²) in [7, 11) is 0. The van der Waals surface area contributed by atoms with Gasteiger partial charge in [0.05, 0.1) is 0 Å². The standard InChI is InChI=1S/C13H20N2O2/c1-8-5-4-6-11(10(8)3)14-13(16)12-7-9(2)17-15-12/h7-8,10-11H,4-6H2,1-3H3,(H,14,16). The Morgan fingerprint density at radius 2 is 2.24 bits per heavy atom. The van der Waals surface area contributed by atoms with Crippen LogP contribution < -0.4 is 5.32 Å². The fourth-order valence-electron chi connectivity index (χ4n) is 2.50. The van der Waals surface area contributed by atoms with Crippen LogP contribution in [0.3, 0.4) is 0 Å². The Morgan fingerprint density at radius 3 is 2.88 bits per heavy atom. The second-order valence-corrected chi connectivity index (χ2v) is 5.17. The molecule has 0 aliphatic heterocycles. The molecule has 2 rings (SSSR count). The second kappa shape index (κ2) is 4.90. The lowest BCUT2D eigenvalue weighted by molar-refractivity contribution is 0.0882. The van der Waals surface area contributed by atoms with E-state index in [2.05, 4.69) is 24.3 Å². The summed E-state index contributed by atoms with van der Waals surface area (Å²) in [4.78, 5) is 11.9. The zero-order chi connectivity index (χ0) is 12.4. The minimum atomic E-state index is -0.118.